The van der Waals surface area contributed by atoms with Crippen LogP contribution in [0.1, 0.15) is 6.42 Å². The minimum absolute atomic E-state index is 0.121. The summed E-state index contributed by atoms with van der Waals surface area (Å²) in [5, 5.41) is 0. The van der Waals surface area contributed by atoms with E-state index in [9.17, 15) is 4.79 Å². The number of ether oxygens (including phenoxy) is 1. The molecule has 0 aromatic heterocycles. The second kappa shape index (κ2) is 5.82. The molecule has 0 atom stereocenters. The Morgan fingerprint density at radius 2 is 2.00 bits per heavy atom. The van der Waals surface area contributed by atoms with Crippen LogP contribution < -0.4 is 5.73 Å². The number of urea groups is 1. The van der Waals surface area contributed by atoms with E-state index in [1.54, 1.807) is 7.11 Å². The van der Waals surface area contributed by atoms with E-state index in [0.29, 0.717) is 19.7 Å². The molecule has 0 aromatic rings. The van der Waals surface area contributed by atoms with Crippen LogP contribution >= 0.6 is 0 Å². The molecule has 1 heterocycles. The minimum atomic E-state index is 0.121. The maximum atomic E-state index is 11.7. The fourth-order valence-electron chi connectivity index (χ4n) is 1.53. The molecule has 5 nitrogen and oxygen atoms in total. The predicted octanol–water partition coefficient (Wildman–Crippen LogP) is -0.281. The standard InChI is InChI=1S/C9H19N3O2/c1-14-8-7-12-6-5-11(9(12)13)4-2-3-10/h2-8,10H2,1H3. The van der Waals surface area contributed by atoms with Crippen molar-refractivity contribution in [2.75, 3.05) is 46.4 Å². The summed E-state index contributed by atoms with van der Waals surface area (Å²) in [6, 6.07) is 0.121. The van der Waals surface area contributed by atoms with Crippen LogP contribution in [0.4, 0.5) is 4.79 Å². The molecule has 1 fully saturated rings. The van der Waals surface area contributed by atoms with Gasteiger partial charge in [-0.05, 0) is 13.0 Å². The lowest BCUT2D eigenvalue weighted by Crippen LogP contribution is -2.34. The van der Waals surface area contributed by atoms with Crippen molar-refractivity contribution in [2.45, 2.75) is 6.42 Å². The van der Waals surface area contributed by atoms with E-state index in [1.807, 2.05) is 9.80 Å². The lowest BCUT2D eigenvalue weighted by Gasteiger charge is -2.17. The molecule has 2 amide bonds. The highest BCUT2D eigenvalue weighted by molar-refractivity contribution is 5.76. The van der Waals surface area contributed by atoms with Crippen LogP contribution in [0.3, 0.4) is 0 Å². The Morgan fingerprint density at radius 3 is 2.57 bits per heavy atom. The summed E-state index contributed by atoms with van der Waals surface area (Å²) in [5.41, 5.74) is 5.40. The Balaban J connectivity index is 2.28. The van der Waals surface area contributed by atoms with Gasteiger partial charge in [0.15, 0.2) is 0 Å². The minimum Gasteiger partial charge on any atom is -0.383 e. The molecule has 1 saturated heterocycles. The van der Waals surface area contributed by atoms with Crippen LogP contribution in [-0.4, -0.2) is 62.3 Å². The topological polar surface area (TPSA) is 58.8 Å². The van der Waals surface area contributed by atoms with Gasteiger partial charge in [-0.3, -0.25) is 0 Å². The maximum Gasteiger partial charge on any atom is 0.320 e. The van der Waals surface area contributed by atoms with Gasteiger partial charge >= 0.3 is 6.03 Å². The molecule has 1 aliphatic heterocycles. The highest BCUT2D eigenvalue weighted by Crippen LogP contribution is 2.08. The Kier molecular flexibility index (Phi) is 4.69. The number of carbonyl (C=O) groups is 1. The van der Waals surface area contributed by atoms with E-state index in [-0.39, 0.29) is 6.03 Å². The molecule has 0 radical (unpaired) electrons. The number of hydrogen-bond acceptors (Lipinski definition) is 3. The van der Waals surface area contributed by atoms with Crippen LogP contribution in [0.25, 0.3) is 0 Å². The number of methoxy groups -OCH3 is 1. The quantitative estimate of drug-likeness (QED) is 0.643. The first-order chi connectivity index (χ1) is 6.79. The normalized spacial score (nSPS) is 16.9. The van der Waals surface area contributed by atoms with Gasteiger partial charge in [0.1, 0.15) is 0 Å². The van der Waals surface area contributed by atoms with Crippen molar-refractivity contribution >= 4 is 6.03 Å². The van der Waals surface area contributed by atoms with Crippen LogP contribution in [-0.2, 0) is 4.74 Å². The molecule has 1 aliphatic rings. The van der Waals surface area contributed by atoms with Crippen molar-refractivity contribution in [2.24, 2.45) is 5.73 Å². The number of nitrogens with two attached hydrogens (primary N) is 1. The summed E-state index contributed by atoms with van der Waals surface area (Å²) in [4.78, 5) is 15.3. The zero-order valence-corrected chi connectivity index (χ0v) is 8.74. The third-order valence-corrected chi connectivity index (χ3v) is 2.38. The summed E-state index contributed by atoms with van der Waals surface area (Å²) in [7, 11) is 1.65. The molecule has 0 aromatic carbocycles. The summed E-state index contributed by atoms with van der Waals surface area (Å²) in [6.45, 7) is 4.35. The van der Waals surface area contributed by atoms with Gasteiger partial charge in [-0.2, -0.15) is 0 Å². The first kappa shape index (κ1) is 11.3. The molecule has 0 bridgehead atoms. The third kappa shape index (κ3) is 2.85. The molecular weight excluding hydrogens is 182 g/mol. The van der Waals surface area contributed by atoms with Crippen molar-refractivity contribution < 1.29 is 9.53 Å². The summed E-state index contributed by atoms with van der Waals surface area (Å²) < 4.78 is 4.94. The average Bonchev–Trinajstić information content (AvgIpc) is 2.54. The number of hydrogen-bond donors (Lipinski definition) is 1. The zero-order valence-electron chi connectivity index (χ0n) is 8.74. The molecule has 0 saturated carbocycles. The smallest absolute Gasteiger partial charge is 0.320 e. The van der Waals surface area contributed by atoms with Gasteiger partial charge in [0.05, 0.1) is 6.61 Å². The fourth-order valence-corrected chi connectivity index (χ4v) is 1.53. The van der Waals surface area contributed by atoms with Gasteiger partial charge < -0.3 is 20.3 Å². The van der Waals surface area contributed by atoms with E-state index in [1.165, 1.54) is 0 Å². The van der Waals surface area contributed by atoms with Gasteiger partial charge in [-0.1, -0.05) is 0 Å². The Morgan fingerprint density at radius 1 is 1.36 bits per heavy atom. The lowest BCUT2D eigenvalue weighted by atomic mass is 10.4. The molecule has 1 rings (SSSR count). The molecule has 2 N–H and O–H groups in total. The Labute approximate surface area is 84.8 Å². The number of rotatable bonds is 6. The maximum absolute atomic E-state index is 11.7. The summed E-state index contributed by atoms with van der Waals surface area (Å²) in [6.07, 6.45) is 0.879. The zero-order chi connectivity index (χ0) is 10.4. The molecule has 14 heavy (non-hydrogen) atoms. The van der Waals surface area contributed by atoms with Gasteiger partial charge in [-0.25, -0.2) is 4.79 Å². The van der Waals surface area contributed by atoms with Crippen LogP contribution in [0.2, 0.25) is 0 Å². The van der Waals surface area contributed by atoms with E-state index in [2.05, 4.69) is 0 Å². The van der Waals surface area contributed by atoms with Crippen LogP contribution in [0.5, 0.6) is 0 Å². The van der Waals surface area contributed by atoms with Gasteiger partial charge in [0, 0.05) is 33.3 Å². The molecule has 0 spiro atoms. The van der Waals surface area contributed by atoms with E-state index in [0.717, 1.165) is 26.1 Å². The first-order valence-corrected chi connectivity index (χ1v) is 5.02. The summed E-state index contributed by atoms with van der Waals surface area (Å²) in [5.74, 6) is 0. The summed E-state index contributed by atoms with van der Waals surface area (Å²) >= 11 is 0. The van der Waals surface area contributed by atoms with Crippen LogP contribution in [0, 0.1) is 0 Å². The molecule has 5 heteroatoms. The Hall–Kier alpha value is -0.810. The fraction of sp³-hybridized carbons (Fsp3) is 0.889. The number of amides is 2. The Bertz CT molecular complexity index is 169. The number of carbonyl (C=O) groups excluding carboxylic acids is 1. The molecule has 82 valence electrons. The third-order valence-electron chi connectivity index (χ3n) is 2.38. The number of nitrogens with zero attached hydrogens (tertiary/aromatic N) is 2. The van der Waals surface area contributed by atoms with E-state index < -0.39 is 0 Å². The highest BCUT2D eigenvalue weighted by atomic mass is 16.5. The SMILES string of the molecule is COCCN1CCN(CCCN)C1=O. The largest absolute Gasteiger partial charge is 0.383 e. The lowest BCUT2D eigenvalue weighted by molar-refractivity contribution is 0.154. The van der Waals surface area contributed by atoms with Crippen molar-refractivity contribution in [3.63, 3.8) is 0 Å². The van der Waals surface area contributed by atoms with Gasteiger partial charge in [-0.15, -0.1) is 0 Å². The highest BCUT2D eigenvalue weighted by Gasteiger charge is 2.26. The van der Waals surface area contributed by atoms with Crippen molar-refractivity contribution in [3.05, 3.63) is 0 Å². The van der Waals surface area contributed by atoms with Crippen LogP contribution in [0.15, 0.2) is 0 Å². The second-order valence-electron chi connectivity index (χ2n) is 3.39. The van der Waals surface area contributed by atoms with Gasteiger partial charge in [0.25, 0.3) is 0 Å². The van der Waals surface area contributed by atoms with E-state index in [4.69, 9.17) is 10.5 Å². The monoisotopic (exact) mass is 201 g/mol. The van der Waals surface area contributed by atoms with Crippen molar-refractivity contribution in [1.82, 2.24) is 9.80 Å². The van der Waals surface area contributed by atoms with Crippen molar-refractivity contribution in [3.8, 4) is 0 Å². The molecule has 0 unspecified atom stereocenters. The molecule has 0 aliphatic carbocycles. The van der Waals surface area contributed by atoms with Crippen molar-refractivity contribution in [1.29, 1.82) is 0 Å². The average molecular weight is 201 g/mol. The van der Waals surface area contributed by atoms with Gasteiger partial charge in [0.2, 0.25) is 0 Å². The van der Waals surface area contributed by atoms with E-state index >= 15 is 0 Å². The molecular formula is C9H19N3O2. The first-order valence-electron chi connectivity index (χ1n) is 5.02. The predicted molar refractivity (Wildman–Crippen MR) is 54.1 cm³/mol. The second-order valence-corrected chi connectivity index (χ2v) is 3.39.